The van der Waals surface area contributed by atoms with E-state index in [0.717, 1.165) is 24.6 Å². The standard InChI is InChI=1S/C18H23F2N3O3/c1-26-9-8-22-3-2-16(18(22)25)21-4-6-23(7-5-21)17(24)13-10-14(19)12-15(20)11-13/h10-12,16H,2-9H2,1H3. The molecule has 1 aromatic carbocycles. The van der Waals surface area contributed by atoms with Crippen molar-refractivity contribution in [3.05, 3.63) is 35.4 Å². The largest absolute Gasteiger partial charge is 0.383 e. The van der Waals surface area contributed by atoms with E-state index >= 15 is 0 Å². The van der Waals surface area contributed by atoms with Gasteiger partial charge in [0.15, 0.2) is 0 Å². The maximum absolute atomic E-state index is 13.3. The Morgan fingerprint density at radius 2 is 1.77 bits per heavy atom. The van der Waals surface area contributed by atoms with E-state index in [0.29, 0.717) is 45.9 Å². The number of carbonyl (C=O) groups excluding carboxylic acids is 2. The van der Waals surface area contributed by atoms with Crippen molar-refractivity contribution in [3.8, 4) is 0 Å². The first-order valence-electron chi connectivity index (χ1n) is 8.76. The number of halogens is 2. The maximum Gasteiger partial charge on any atom is 0.254 e. The molecule has 2 aliphatic rings. The molecular formula is C18H23F2N3O3. The fourth-order valence-electron chi connectivity index (χ4n) is 3.58. The van der Waals surface area contributed by atoms with Crippen molar-refractivity contribution in [1.29, 1.82) is 0 Å². The Morgan fingerprint density at radius 1 is 1.12 bits per heavy atom. The van der Waals surface area contributed by atoms with Crippen LogP contribution in [0.5, 0.6) is 0 Å². The lowest BCUT2D eigenvalue weighted by Crippen LogP contribution is -2.53. The smallest absolute Gasteiger partial charge is 0.254 e. The molecule has 142 valence electrons. The number of methoxy groups -OCH3 is 1. The summed E-state index contributed by atoms with van der Waals surface area (Å²) in [5.41, 5.74) is 0.0126. The molecule has 0 aliphatic carbocycles. The highest BCUT2D eigenvalue weighted by Crippen LogP contribution is 2.20. The molecule has 0 saturated carbocycles. The number of amides is 2. The lowest BCUT2D eigenvalue weighted by molar-refractivity contribution is -0.133. The lowest BCUT2D eigenvalue weighted by atomic mass is 10.1. The predicted octanol–water partition coefficient (Wildman–Crippen LogP) is 0.970. The quantitative estimate of drug-likeness (QED) is 0.778. The van der Waals surface area contributed by atoms with Crippen LogP contribution in [0.4, 0.5) is 8.78 Å². The van der Waals surface area contributed by atoms with Gasteiger partial charge in [0.1, 0.15) is 11.6 Å². The Morgan fingerprint density at radius 3 is 2.38 bits per heavy atom. The van der Waals surface area contributed by atoms with Gasteiger partial charge in [-0.3, -0.25) is 14.5 Å². The summed E-state index contributed by atoms with van der Waals surface area (Å²) in [6.07, 6.45) is 0.769. The first-order valence-corrected chi connectivity index (χ1v) is 8.76. The molecule has 8 heteroatoms. The molecule has 1 aromatic rings. The van der Waals surface area contributed by atoms with Gasteiger partial charge in [0.2, 0.25) is 5.91 Å². The van der Waals surface area contributed by atoms with Gasteiger partial charge in [0, 0.05) is 58.0 Å². The minimum absolute atomic E-state index is 0.0126. The first kappa shape index (κ1) is 18.7. The fraction of sp³-hybridized carbons (Fsp3) is 0.556. The average Bonchev–Trinajstić information content (AvgIpc) is 2.99. The zero-order valence-electron chi connectivity index (χ0n) is 14.8. The third-order valence-electron chi connectivity index (χ3n) is 4.99. The van der Waals surface area contributed by atoms with Crippen LogP contribution in [0.2, 0.25) is 0 Å². The van der Waals surface area contributed by atoms with E-state index in [1.807, 2.05) is 0 Å². The second-order valence-corrected chi connectivity index (χ2v) is 6.61. The Bertz CT molecular complexity index is 657. The number of piperazine rings is 1. The van der Waals surface area contributed by atoms with E-state index in [1.165, 1.54) is 0 Å². The predicted molar refractivity (Wildman–Crippen MR) is 90.7 cm³/mol. The zero-order chi connectivity index (χ0) is 18.7. The molecule has 6 nitrogen and oxygen atoms in total. The van der Waals surface area contributed by atoms with E-state index in [-0.39, 0.29) is 23.4 Å². The van der Waals surface area contributed by atoms with Crippen LogP contribution in [0, 0.1) is 11.6 Å². The number of hydrogen-bond acceptors (Lipinski definition) is 4. The zero-order valence-corrected chi connectivity index (χ0v) is 14.8. The Hall–Kier alpha value is -2.06. The number of hydrogen-bond donors (Lipinski definition) is 0. The first-order chi connectivity index (χ1) is 12.5. The third-order valence-corrected chi connectivity index (χ3v) is 4.99. The van der Waals surface area contributed by atoms with Gasteiger partial charge in [-0.05, 0) is 18.6 Å². The molecule has 2 fully saturated rings. The van der Waals surface area contributed by atoms with Crippen LogP contribution < -0.4 is 0 Å². The Labute approximate surface area is 151 Å². The van der Waals surface area contributed by atoms with E-state index in [4.69, 9.17) is 4.74 Å². The fourth-order valence-corrected chi connectivity index (χ4v) is 3.58. The number of ether oxygens (including phenoxy) is 1. The van der Waals surface area contributed by atoms with E-state index in [9.17, 15) is 18.4 Å². The van der Waals surface area contributed by atoms with Crippen LogP contribution in [-0.4, -0.2) is 85.5 Å². The monoisotopic (exact) mass is 367 g/mol. The van der Waals surface area contributed by atoms with Crippen molar-refractivity contribution in [3.63, 3.8) is 0 Å². The summed E-state index contributed by atoms with van der Waals surface area (Å²) < 4.78 is 31.7. The minimum atomic E-state index is -0.764. The van der Waals surface area contributed by atoms with Crippen LogP contribution in [0.25, 0.3) is 0 Å². The molecule has 3 rings (SSSR count). The van der Waals surface area contributed by atoms with Gasteiger partial charge in [-0.2, -0.15) is 0 Å². The van der Waals surface area contributed by atoms with Crippen LogP contribution in [0.1, 0.15) is 16.8 Å². The summed E-state index contributed by atoms with van der Waals surface area (Å²) in [5, 5.41) is 0. The minimum Gasteiger partial charge on any atom is -0.383 e. The second-order valence-electron chi connectivity index (χ2n) is 6.61. The summed E-state index contributed by atoms with van der Waals surface area (Å²) in [6.45, 7) is 3.82. The van der Waals surface area contributed by atoms with Crippen molar-refractivity contribution in [2.24, 2.45) is 0 Å². The molecule has 0 bridgehead atoms. The second kappa shape index (κ2) is 8.09. The molecule has 26 heavy (non-hydrogen) atoms. The summed E-state index contributed by atoms with van der Waals surface area (Å²) >= 11 is 0. The molecule has 2 saturated heterocycles. The molecule has 0 aromatic heterocycles. The Balaban J connectivity index is 1.56. The van der Waals surface area contributed by atoms with Crippen molar-refractivity contribution in [1.82, 2.24) is 14.7 Å². The van der Waals surface area contributed by atoms with E-state index < -0.39 is 11.6 Å². The van der Waals surface area contributed by atoms with Crippen LogP contribution in [0.3, 0.4) is 0 Å². The van der Waals surface area contributed by atoms with E-state index in [1.54, 1.807) is 16.9 Å². The number of benzene rings is 1. The highest BCUT2D eigenvalue weighted by Gasteiger charge is 2.37. The maximum atomic E-state index is 13.3. The molecule has 0 radical (unpaired) electrons. The third kappa shape index (κ3) is 4.02. The van der Waals surface area contributed by atoms with Gasteiger partial charge in [-0.1, -0.05) is 0 Å². The van der Waals surface area contributed by atoms with Gasteiger partial charge < -0.3 is 14.5 Å². The normalized spacial score (nSPS) is 21.5. The molecule has 2 heterocycles. The molecule has 2 aliphatic heterocycles. The van der Waals surface area contributed by atoms with Gasteiger partial charge in [-0.15, -0.1) is 0 Å². The SMILES string of the molecule is COCCN1CCC(N2CCN(C(=O)c3cc(F)cc(F)c3)CC2)C1=O. The Kier molecular flexibility index (Phi) is 5.83. The van der Waals surface area contributed by atoms with Crippen molar-refractivity contribution in [2.75, 3.05) is 53.0 Å². The molecule has 0 spiro atoms. The number of likely N-dealkylation sites (tertiary alicyclic amines) is 1. The summed E-state index contributed by atoms with van der Waals surface area (Å²) in [5.74, 6) is -1.81. The summed E-state index contributed by atoms with van der Waals surface area (Å²) in [6, 6.07) is 2.68. The molecule has 0 N–H and O–H groups in total. The average molecular weight is 367 g/mol. The summed E-state index contributed by atoms with van der Waals surface area (Å²) in [4.78, 5) is 30.4. The van der Waals surface area contributed by atoms with Crippen LogP contribution >= 0.6 is 0 Å². The molecular weight excluding hydrogens is 344 g/mol. The van der Waals surface area contributed by atoms with Crippen molar-refractivity contribution in [2.45, 2.75) is 12.5 Å². The summed E-state index contributed by atoms with van der Waals surface area (Å²) in [7, 11) is 1.61. The van der Waals surface area contributed by atoms with Crippen molar-refractivity contribution >= 4 is 11.8 Å². The van der Waals surface area contributed by atoms with E-state index in [2.05, 4.69) is 4.90 Å². The molecule has 1 atom stereocenters. The van der Waals surface area contributed by atoms with Crippen LogP contribution in [-0.2, 0) is 9.53 Å². The number of carbonyl (C=O) groups is 2. The molecule has 2 amide bonds. The topological polar surface area (TPSA) is 53.1 Å². The van der Waals surface area contributed by atoms with Gasteiger partial charge in [0.05, 0.1) is 12.6 Å². The van der Waals surface area contributed by atoms with Crippen molar-refractivity contribution < 1.29 is 23.1 Å². The molecule has 1 unspecified atom stereocenters. The van der Waals surface area contributed by atoms with Gasteiger partial charge in [-0.25, -0.2) is 8.78 Å². The number of rotatable bonds is 5. The van der Waals surface area contributed by atoms with Gasteiger partial charge in [0.25, 0.3) is 5.91 Å². The highest BCUT2D eigenvalue weighted by atomic mass is 19.1. The number of nitrogens with zero attached hydrogens (tertiary/aromatic N) is 3. The van der Waals surface area contributed by atoms with Gasteiger partial charge >= 0.3 is 0 Å². The van der Waals surface area contributed by atoms with Crippen LogP contribution in [0.15, 0.2) is 18.2 Å². The highest BCUT2D eigenvalue weighted by molar-refractivity contribution is 5.94. The lowest BCUT2D eigenvalue weighted by Gasteiger charge is -2.37.